The zero-order valence-electron chi connectivity index (χ0n) is 17.0. The van der Waals surface area contributed by atoms with Crippen molar-refractivity contribution in [3.8, 4) is 5.82 Å². The van der Waals surface area contributed by atoms with E-state index in [4.69, 9.17) is 0 Å². The van der Waals surface area contributed by atoms with Crippen LogP contribution < -0.4 is 5.32 Å². The van der Waals surface area contributed by atoms with E-state index in [1.54, 1.807) is 29.2 Å². The molecule has 2 aromatic heterocycles. The first-order chi connectivity index (χ1) is 15.0. The molecule has 9 heteroatoms. The molecule has 1 atom stereocenters. The summed E-state index contributed by atoms with van der Waals surface area (Å²) in [5.74, 6) is -1.46. The van der Waals surface area contributed by atoms with E-state index >= 15 is 0 Å². The van der Waals surface area contributed by atoms with Gasteiger partial charge in [-0.1, -0.05) is 24.3 Å². The number of hydrogen-bond acceptors (Lipinski definition) is 5. The number of fused-ring (bicyclic) bond motifs is 1. The van der Waals surface area contributed by atoms with Crippen LogP contribution in [0.25, 0.3) is 16.6 Å². The monoisotopic (exact) mass is 422 g/mol. The van der Waals surface area contributed by atoms with Gasteiger partial charge in [-0.3, -0.25) is 4.79 Å². The van der Waals surface area contributed by atoms with Crippen LogP contribution in [0.5, 0.6) is 0 Å². The summed E-state index contributed by atoms with van der Waals surface area (Å²) >= 11 is 0. The minimum absolute atomic E-state index is 0.0612. The first kappa shape index (κ1) is 20.4. The van der Waals surface area contributed by atoms with Gasteiger partial charge in [-0.2, -0.15) is 5.10 Å². The smallest absolute Gasteiger partial charge is 0.242 e. The van der Waals surface area contributed by atoms with E-state index in [1.807, 2.05) is 31.2 Å². The van der Waals surface area contributed by atoms with Crippen LogP contribution in [-0.4, -0.2) is 44.1 Å². The van der Waals surface area contributed by atoms with Gasteiger partial charge < -0.3 is 10.2 Å². The zero-order valence-corrected chi connectivity index (χ0v) is 17.0. The number of likely N-dealkylation sites (N-methyl/N-ethyl adjacent to an activating group) is 1. The van der Waals surface area contributed by atoms with Crippen LogP contribution in [0, 0.1) is 11.6 Å². The lowest BCUT2D eigenvalue weighted by atomic mass is 10.0. The molecule has 4 aromatic rings. The van der Waals surface area contributed by atoms with Gasteiger partial charge in [-0.05, 0) is 24.4 Å². The Hall–Kier alpha value is -3.88. The van der Waals surface area contributed by atoms with E-state index in [0.29, 0.717) is 11.5 Å². The highest BCUT2D eigenvalue weighted by molar-refractivity contribution is 5.91. The van der Waals surface area contributed by atoms with Gasteiger partial charge in [0.15, 0.2) is 17.5 Å². The Morgan fingerprint density at radius 2 is 1.94 bits per heavy atom. The minimum atomic E-state index is -0.968. The number of rotatable bonds is 6. The molecule has 0 radical (unpaired) electrons. The highest BCUT2D eigenvalue weighted by Crippen LogP contribution is 2.29. The topological polar surface area (TPSA) is 75.9 Å². The summed E-state index contributed by atoms with van der Waals surface area (Å²) in [6, 6.07) is 10.9. The van der Waals surface area contributed by atoms with Crippen LogP contribution in [0.15, 0.2) is 61.3 Å². The SMILES string of the molecule is CC(c1cnc(-n2cncn2)c2ccccc12)N(C)C(=O)CNc1ccc(F)c(F)c1. The molecule has 0 bridgehead atoms. The van der Waals surface area contributed by atoms with E-state index in [9.17, 15) is 13.6 Å². The lowest BCUT2D eigenvalue weighted by molar-refractivity contribution is -0.129. The first-order valence-electron chi connectivity index (χ1n) is 9.63. The summed E-state index contributed by atoms with van der Waals surface area (Å²) in [5.41, 5.74) is 1.21. The molecule has 0 aliphatic rings. The standard InChI is InChI=1S/C22H20F2N6O/c1-14(29(2)21(31)11-26-15-7-8-19(23)20(24)9-15)18-10-27-22(30-13-25-12-28-30)17-6-4-3-5-16(17)18/h3-10,12-14,26H,11H2,1-2H3. The largest absolute Gasteiger partial charge is 0.376 e. The van der Waals surface area contributed by atoms with Gasteiger partial charge in [-0.15, -0.1) is 0 Å². The molecule has 0 fully saturated rings. The summed E-state index contributed by atoms with van der Waals surface area (Å²) in [6.07, 6.45) is 4.76. The van der Waals surface area contributed by atoms with Crippen molar-refractivity contribution in [3.63, 3.8) is 0 Å². The van der Waals surface area contributed by atoms with E-state index in [0.717, 1.165) is 28.5 Å². The molecule has 2 aromatic carbocycles. The number of aromatic nitrogens is 4. The van der Waals surface area contributed by atoms with Gasteiger partial charge in [-0.25, -0.2) is 23.4 Å². The maximum Gasteiger partial charge on any atom is 0.242 e. The molecular weight excluding hydrogens is 402 g/mol. The fourth-order valence-corrected chi connectivity index (χ4v) is 3.37. The second-order valence-electron chi connectivity index (χ2n) is 7.09. The third-order valence-electron chi connectivity index (χ3n) is 5.23. The zero-order chi connectivity index (χ0) is 22.0. The molecule has 1 amide bonds. The predicted molar refractivity (Wildman–Crippen MR) is 113 cm³/mol. The number of nitrogens with one attached hydrogen (secondary N) is 1. The molecule has 0 aliphatic carbocycles. The number of amides is 1. The van der Waals surface area contributed by atoms with E-state index in [1.165, 1.54) is 12.4 Å². The molecule has 31 heavy (non-hydrogen) atoms. The molecule has 0 saturated carbocycles. The normalized spacial score (nSPS) is 12.0. The second-order valence-corrected chi connectivity index (χ2v) is 7.09. The lowest BCUT2D eigenvalue weighted by Gasteiger charge is -2.27. The maximum atomic E-state index is 13.4. The summed E-state index contributed by atoms with van der Waals surface area (Å²) in [6.45, 7) is 1.85. The highest BCUT2D eigenvalue weighted by atomic mass is 19.2. The molecule has 4 rings (SSSR count). The summed E-state index contributed by atoms with van der Waals surface area (Å²) < 4.78 is 28.0. The molecular formula is C22H20F2N6O. The molecule has 2 heterocycles. The van der Waals surface area contributed by atoms with Crippen LogP contribution in [0.1, 0.15) is 18.5 Å². The van der Waals surface area contributed by atoms with Crippen molar-refractivity contribution in [2.45, 2.75) is 13.0 Å². The Morgan fingerprint density at radius 1 is 1.16 bits per heavy atom. The highest BCUT2D eigenvalue weighted by Gasteiger charge is 2.21. The fraction of sp³-hybridized carbons (Fsp3) is 0.182. The lowest BCUT2D eigenvalue weighted by Crippen LogP contribution is -2.34. The van der Waals surface area contributed by atoms with Gasteiger partial charge in [0, 0.05) is 35.9 Å². The molecule has 1 unspecified atom stereocenters. The number of pyridine rings is 1. The van der Waals surface area contributed by atoms with Crippen molar-refractivity contribution in [2.75, 3.05) is 18.9 Å². The quantitative estimate of drug-likeness (QED) is 0.513. The third kappa shape index (κ3) is 4.07. The van der Waals surface area contributed by atoms with E-state index < -0.39 is 11.6 Å². The van der Waals surface area contributed by atoms with Crippen LogP contribution >= 0.6 is 0 Å². The van der Waals surface area contributed by atoms with Crippen molar-refractivity contribution < 1.29 is 13.6 Å². The van der Waals surface area contributed by atoms with Gasteiger partial charge in [0.2, 0.25) is 5.91 Å². The van der Waals surface area contributed by atoms with Crippen molar-refractivity contribution in [3.05, 3.63) is 78.5 Å². The Morgan fingerprint density at radius 3 is 2.65 bits per heavy atom. The number of benzene rings is 2. The minimum Gasteiger partial charge on any atom is -0.376 e. The number of halogens is 2. The van der Waals surface area contributed by atoms with Crippen molar-refractivity contribution in [1.82, 2.24) is 24.6 Å². The Kier molecular flexibility index (Phi) is 5.57. The van der Waals surface area contributed by atoms with Crippen LogP contribution in [-0.2, 0) is 4.79 Å². The molecule has 0 saturated heterocycles. The summed E-state index contributed by atoms with van der Waals surface area (Å²) in [4.78, 5) is 22.8. The fourth-order valence-electron chi connectivity index (χ4n) is 3.37. The third-order valence-corrected chi connectivity index (χ3v) is 5.23. The maximum absolute atomic E-state index is 13.4. The van der Waals surface area contributed by atoms with E-state index in [2.05, 4.69) is 20.4 Å². The number of nitrogens with zero attached hydrogens (tertiary/aromatic N) is 5. The number of carbonyl (C=O) groups is 1. The number of carbonyl (C=O) groups excluding carboxylic acids is 1. The molecule has 0 aliphatic heterocycles. The average molecular weight is 422 g/mol. The summed E-state index contributed by atoms with van der Waals surface area (Å²) in [7, 11) is 1.69. The Labute approximate surface area is 177 Å². The predicted octanol–water partition coefficient (Wildman–Crippen LogP) is 3.73. The molecule has 158 valence electrons. The van der Waals surface area contributed by atoms with Gasteiger partial charge in [0.1, 0.15) is 12.7 Å². The first-order valence-corrected chi connectivity index (χ1v) is 9.63. The van der Waals surface area contributed by atoms with Crippen LogP contribution in [0.3, 0.4) is 0 Å². The van der Waals surface area contributed by atoms with Crippen molar-refractivity contribution in [2.24, 2.45) is 0 Å². The molecule has 0 spiro atoms. The van der Waals surface area contributed by atoms with Gasteiger partial charge >= 0.3 is 0 Å². The van der Waals surface area contributed by atoms with Crippen molar-refractivity contribution >= 4 is 22.4 Å². The second kappa shape index (κ2) is 8.47. The van der Waals surface area contributed by atoms with Crippen LogP contribution in [0.4, 0.5) is 14.5 Å². The van der Waals surface area contributed by atoms with Gasteiger partial charge in [0.05, 0.1) is 12.6 Å². The van der Waals surface area contributed by atoms with E-state index in [-0.39, 0.29) is 18.5 Å². The van der Waals surface area contributed by atoms with Crippen LogP contribution in [0.2, 0.25) is 0 Å². The molecule has 7 nitrogen and oxygen atoms in total. The summed E-state index contributed by atoms with van der Waals surface area (Å²) in [5, 5.41) is 8.83. The number of anilines is 1. The Balaban J connectivity index is 1.55. The number of hydrogen-bond donors (Lipinski definition) is 1. The van der Waals surface area contributed by atoms with Gasteiger partial charge in [0.25, 0.3) is 0 Å². The van der Waals surface area contributed by atoms with Crippen molar-refractivity contribution in [1.29, 1.82) is 0 Å². The Bertz CT molecular complexity index is 1230. The molecule has 1 N–H and O–H groups in total. The average Bonchev–Trinajstić information content (AvgIpc) is 3.32.